The third kappa shape index (κ3) is 3.80. The number of amides is 1. The molecule has 27 heavy (non-hydrogen) atoms. The molecular weight excluding hydrogens is 342 g/mol. The van der Waals surface area contributed by atoms with Crippen LogP contribution in [-0.4, -0.2) is 51.8 Å². The van der Waals surface area contributed by atoms with Crippen LogP contribution in [-0.2, 0) is 7.05 Å². The number of hydrogen-bond acceptors (Lipinski definition) is 6. The molecule has 1 amide bonds. The number of anilines is 1. The largest absolute Gasteiger partial charge is 0.355 e. The van der Waals surface area contributed by atoms with E-state index in [1.165, 1.54) is 11.3 Å². The normalized spacial score (nSPS) is 18.0. The molecule has 0 radical (unpaired) electrons. The monoisotopic (exact) mass is 371 g/mol. The quantitative estimate of drug-likeness (QED) is 0.827. The van der Waals surface area contributed by atoms with Gasteiger partial charge in [-0.3, -0.25) is 9.48 Å². The highest BCUT2D eigenvalue weighted by Gasteiger charge is 2.28. The van der Waals surface area contributed by atoms with E-state index >= 15 is 0 Å². The van der Waals surface area contributed by atoms with Crippen LogP contribution in [0.3, 0.4) is 0 Å². The summed E-state index contributed by atoms with van der Waals surface area (Å²) in [5, 5.41) is 10.7. The fourth-order valence-electron chi connectivity index (χ4n) is 3.83. The van der Waals surface area contributed by atoms with E-state index in [2.05, 4.69) is 44.4 Å². The van der Waals surface area contributed by atoms with Gasteiger partial charge in [0.15, 0.2) is 0 Å². The van der Waals surface area contributed by atoms with Crippen LogP contribution in [0.15, 0.2) is 6.20 Å². The van der Waals surface area contributed by atoms with Crippen molar-refractivity contribution in [1.29, 1.82) is 0 Å². The van der Waals surface area contributed by atoms with E-state index in [9.17, 15) is 4.79 Å². The summed E-state index contributed by atoms with van der Waals surface area (Å²) >= 11 is 0. The first-order valence-electron chi connectivity index (χ1n) is 9.38. The van der Waals surface area contributed by atoms with Gasteiger partial charge in [-0.2, -0.15) is 5.10 Å². The molecular formula is C19H29N7O. The molecule has 0 aromatic carbocycles. The molecule has 146 valence electrons. The average Bonchev–Trinajstić information content (AvgIpc) is 3.22. The fourth-order valence-corrected chi connectivity index (χ4v) is 3.83. The average molecular weight is 371 g/mol. The second kappa shape index (κ2) is 7.64. The minimum Gasteiger partial charge on any atom is -0.355 e. The number of aryl methyl sites for hydroxylation is 3. The first-order valence-corrected chi connectivity index (χ1v) is 9.38. The van der Waals surface area contributed by atoms with Crippen LogP contribution in [0.25, 0.3) is 0 Å². The number of rotatable bonds is 5. The molecule has 1 unspecified atom stereocenters. The lowest BCUT2D eigenvalue weighted by molar-refractivity contribution is 0.0952. The fraction of sp³-hybridized carbons (Fsp3) is 0.579. The van der Waals surface area contributed by atoms with Crippen LogP contribution in [0.2, 0.25) is 0 Å². The van der Waals surface area contributed by atoms with Gasteiger partial charge >= 0.3 is 0 Å². The Balaban J connectivity index is 1.74. The van der Waals surface area contributed by atoms with Crippen LogP contribution < -0.4 is 15.5 Å². The topological polar surface area (TPSA) is 88.0 Å². The number of nitrogens with one attached hydrogen (secondary N) is 2. The standard InChI is InChI=1S/C19H29N7O/c1-11-9-21-25(6)16(11)14(4)22-15-7-8-26(10-15)18-12(2)13(3)23-17(24-18)19(27)20-5/h9,14-15,22H,7-8,10H2,1-6H3,(H,20,27)/t14?,15-/m1/s1. The highest BCUT2D eigenvalue weighted by atomic mass is 16.2. The van der Waals surface area contributed by atoms with Gasteiger partial charge in [0.1, 0.15) is 5.82 Å². The van der Waals surface area contributed by atoms with Gasteiger partial charge in [-0.25, -0.2) is 9.97 Å². The molecule has 0 aliphatic carbocycles. The Bertz CT molecular complexity index is 825. The molecule has 8 heteroatoms. The summed E-state index contributed by atoms with van der Waals surface area (Å²) in [6.45, 7) is 9.96. The minimum absolute atomic E-state index is 0.220. The molecule has 2 aromatic heterocycles. The maximum atomic E-state index is 12.0. The van der Waals surface area contributed by atoms with Crippen LogP contribution in [0.1, 0.15) is 52.5 Å². The second-order valence-corrected chi connectivity index (χ2v) is 7.32. The van der Waals surface area contributed by atoms with Crippen molar-refractivity contribution in [3.05, 3.63) is 34.5 Å². The molecule has 1 aliphatic rings. The van der Waals surface area contributed by atoms with E-state index in [-0.39, 0.29) is 17.8 Å². The molecule has 1 saturated heterocycles. The van der Waals surface area contributed by atoms with Crippen molar-refractivity contribution in [1.82, 2.24) is 30.4 Å². The van der Waals surface area contributed by atoms with Gasteiger partial charge in [0, 0.05) is 50.5 Å². The van der Waals surface area contributed by atoms with Crippen molar-refractivity contribution < 1.29 is 4.79 Å². The van der Waals surface area contributed by atoms with E-state index in [0.717, 1.165) is 36.6 Å². The second-order valence-electron chi connectivity index (χ2n) is 7.32. The Hall–Kier alpha value is -2.48. The highest BCUT2D eigenvalue weighted by molar-refractivity contribution is 5.90. The maximum Gasteiger partial charge on any atom is 0.288 e. The zero-order valence-corrected chi connectivity index (χ0v) is 17.0. The Morgan fingerprint density at radius 1 is 1.30 bits per heavy atom. The van der Waals surface area contributed by atoms with Crippen LogP contribution in [0, 0.1) is 20.8 Å². The summed E-state index contributed by atoms with van der Waals surface area (Å²) in [5.74, 6) is 0.828. The lowest BCUT2D eigenvalue weighted by atomic mass is 10.1. The van der Waals surface area contributed by atoms with Gasteiger partial charge in [0.2, 0.25) is 5.82 Å². The first kappa shape index (κ1) is 19.3. The maximum absolute atomic E-state index is 12.0. The van der Waals surface area contributed by atoms with Gasteiger partial charge in [0.05, 0.1) is 11.9 Å². The van der Waals surface area contributed by atoms with Crippen molar-refractivity contribution in [2.75, 3.05) is 25.0 Å². The molecule has 0 spiro atoms. The van der Waals surface area contributed by atoms with E-state index in [1.54, 1.807) is 7.05 Å². The molecule has 3 rings (SSSR count). The number of aromatic nitrogens is 4. The molecule has 8 nitrogen and oxygen atoms in total. The van der Waals surface area contributed by atoms with Crippen molar-refractivity contribution in [2.24, 2.45) is 7.05 Å². The third-order valence-electron chi connectivity index (χ3n) is 5.35. The lowest BCUT2D eigenvalue weighted by Gasteiger charge is -2.23. The van der Waals surface area contributed by atoms with Gasteiger partial charge in [-0.05, 0) is 39.7 Å². The van der Waals surface area contributed by atoms with Crippen LogP contribution in [0.4, 0.5) is 5.82 Å². The zero-order chi connectivity index (χ0) is 19.7. The van der Waals surface area contributed by atoms with Crippen LogP contribution in [0.5, 0.6) is 0 Å². The summed E-state index contributed by atoms with van der Waals surface area (Å²) < 4.78 is 1.94. The van der Waals surface area contributed by atoms with Gasteiger partial charge in [-0.15, -0.1) is 0 Å². The molecule has 3 heterocycles. The van der Waals surface area contributed by atoms with Crippen molar-refractivity contribution in [3.8, 4) is 0 Å². The molecule has 0 bridgehead atoms. The minimum atomic E-state index is -0.256. The van der Waals surface area contributed by atoms with Gasteiger partial charge in [-0.1, -0.05) is 0 Å². The van der Waals surface area contributed by atoms with Crippen LogP contribution >= 0.6 is 0 Å². The lowest BCUT2D eigenvalue weighted by Crippen LogP contribution is -2.36. The molecule has 1 aliphatic heterocycles. The van der Waals surface area contributed by atoms with E-state index in [1.807, 2.05) is 31.8 Å². The number of hydrogen-bond donors (Lipinski definition) is 2. The third-order valence-corrected chi connectivity index (χ3v) is 5.35. The zero-order valence-electron chi connectivity index (χ0n) is 17.0. The molecule has 2 aromatic rings. The van der Waals surface area contributed by atoms with E-state index in [0.29, 0.717) is 6.04 Å². The summed E-state index contributed by atoms with van der Waals surface area (Å²) in [4.78, 5) is 23.1. The van der Waals surface area contributed by atoms with Crippen molar-refractivity contribution in [3.63, 3.8) is 0 Å². The molecule has 2 N–H and O–H groups in total. The van der Waals surface area contributed by atoms with Crippen molar-refractivity contribution in [2.45, 2.75) is 46.2 Å². The molecule has 2 atom stereocenters. The predicted molar refractivity (Wildman–Crippen MR) is 105 cm³/mol. The van der Waals surface area contributed by atoms with Crippen molar-refractivity contribution >= 4 is 11.7 Å². The Morgan fingerprint density at radius 3 is 2.67 bits per heavy atom. The highest BCUT2D eigenvalue weighted by Crippen LogP contribution is 2.25. The number of carbonyl (C=O) groups is 1. The van der Waals surface area contributed by atoms with E-state index < -0.39 is 0 Å². The Kier molecular flexibility index (Phi) is 5.46. The van der Waals surface area contributed by atoms with Gasteiger partial charge < -0.3 is 15.5 Å². The first-order chi connectivity index (χ1) is 12.8. The SMILES string of the molecule is CNC(=O)c1nc(C)c(C)c(N2CC[C@@H](NC(C)c3c(C)cnn3C)C2)n1. The molecule has 0 saturated carbocycles. The summed E-state index contributed by atoms with van der Waals surface area (Å²) in [6, 6.07) is 0.574. The summed E-state index contributed by atoms with van der Waals surface area (Å²) in [5.41, 5.74) is 4.28. The predicted octanol–water partition coefficient (Wildman–Crippen LogP) is 1.42. The smallest absolute Gasteiger partial charge is 0.288 e. The molecule has 1 fully saturated rings. The summed E-state index contributed by atoms with van der Waals surface area (Å²) in [7, 11) is 3.58. The number of carbonyl (C=O) groups excluding carboxylic acids is 1. The number of nitrogens with zero attached hydrogens (tertiary/aromatic N) is 5. The summed E-state index contributed by atoms with van der Waals surface area (Å²) in [6.07, 6.45) is 2.93. The Labute approximate surface area is 160 Å². The van der Waals surface area contributed by atoms with Gasteiger partial charge in [0.25, 0.3) is 5.91 Å². The van der Waals surface area contributed by atoms with E-state index in [4.69, 9.17) is 0 Å². The Morgan fingerprint density at radius 2 is 2.04 bits per heavy atom.